The Labute approximate surface area is 195 Å². The standard InChI is InChI=1S/C20H14N4.C6H5O.Co/c1-2-14-10-16-5-6-18(23-16)12-20-8-7-19(24-20)11-17-4-3-15(22-17)9-13(1)21-14;7-6-4-2-1-3-5-6;/h1-12,21-22H;2-5,7H;/q;-1;. The minimum absolute atomic E-state index is 0. The number of nitrogens with one attached hydrogen (secondary N) is 2. The Morgan fingerprint density at radius 1 is 0.562 bits per heavy atom. The number of rotatable bonds is 0. The van der Waals surface area contributed by atoms with E-state index >= 15 is 0 Å². The van der Waals surface area contributed by atoms with E-state index in [-0.39, 0.29) is 16.8 Å². The first kappa shape index (κ1) is 21.4. The zero-order valence-corrected chi connectivity index (χ0v) is 18.0. The molecule has 5 heterocycles. The molecule has 0 aliphatic carbocycles. The number of nitrogens with zero attached hydrogens (tertiary/aromatic N) is 2. The fourth-order valence-electron chi connectivity index (χ4n) is 3.32. The number of H-pyrrole nitrogens is 2. The summed E-state index contributed by atoms with van der Waals surface area (Å²) in [5.74, 6) is 0.291. The molecule has 6 rings (SSSR count). The summed E-state index contributed by atoms with van der Waals surface area (Å²) in [6.45, 7) is 0. The van der Waals surface area contributed by atoms with Crippen molar-refractivity contribution in [2.75, 3.05) is 0 Å². The summed E-state index contributed by atoms with van der Waals surface area (Å²) in [7, 11) is 0. The van der Waals surface area contributed by atoms with Gasteiger partial charge in [0.25, 0.3) is 0 Å². The molecule has 0 saturated carbocycles. The van der Waals surface area contributed by atoms with Gasteiger partial charge in [-0.05, 0) is 72.8 Å². The summed E-state index contributed by atoms with van der Waals surface area (Å²) >= 11 is 0. The average molecular weight is 462 g/mol. The molecule has 8 bridgehead atoms. The Morgan fingerprint density at radius 2 is 0.969 bits per heavy atom. The smallest absolute Gasteiger partial charge is 0.0659 e. The van der Waals surface area contributed by atoms with Crippen LogP contribution < -0.4 is 0 Å². The van der Waals surface area contributed by atoms with Crippen LogP contribution in [0.15, 0.2) is 72.8 Å². The SMILES string of the molecule is C1=Cc2cc3ccc(cc4ccc(cc5nc(cc1n2)C=C5)[nH]4)[nH]3.Oc1cc[c-]cc1.[Co]. The van der Waals surface area contributed by atoms with Crippen molar-refractivity contribution in [3.8, 4) is 5.75 Å². The summed E-state index contributed by atoms with van der Waals surface area (Å²) in [5, 5.41) is 8.61. The first-order valence-corrected chi connectivity index (χ1v) is 9.89. The van der Waals surface area contributed by atoms with Crippen molar-refractivity contribution in [3.63, 3.8) is 0 Å². The van der Waals surface area contributed by atoms with Crippen LogP contribution in [0.3, 0.4) is 0 Å². The second-order valence-electron chi connectivity index (χ2n) is 7.16. The van der Waals surface area contributed by atoms with E-state index in [1.165, 1.54) is 0 Å². The predicted molar refractivity (Wildman–Crippen MR) is 126 cm³/mol. The number of aromatic nitrogens is 4. The zero-order valence-electron chi connectivity index (χ0n) is 16.9. The summed E-state index contributed by atoms with van der Waals surface area (Å²) in [4.78, 5) is 16.0. The fourth-order valence-corrected chi connectivity index (χ4v) is 3.32. The molecule has 1 radical (unpaired) electrons. The first-order chi connectivity index (χ1) is 15.2. The predicted octanol–water partition coefficient (Wildman–Crippen LogP) is 5.85. The Balaban J connectivity index is 0.000000265. The molecule has 4 aromatic rings. The summed E-state index contributed by atoms with van der Waals surface area (Å²) in [6.07, 6.45) is 8.05. The molecule has 32 heavy (non-hydrogen) atoms. The van der Waals surface area contributed by atoms with Crippen LogP contribution in [0.5, 0.6) is 5.75 Å². The van der Waals surface area contributed by atoms with Crippen LogP contribution in [0, 0.1) is 6.07 Å². The molecule has 0 unspecified atom stereocenters. The van der Waals surface area contributed by atoms with E-state index in [2.05, 4.69) is 56.3 Å². The maximum atomic E-state index is 8.61. The number of aromatic amines is 2. The largest absolute Gasteiger partial charge is 0.533 e. The summed E-state index contributed by atoms with van der Waals surface area (Å²) in [5.41, 5.74) is 7.86. The number of fused-ring (bicyclic) bond motifs is 8. The second-order valence-corrected chi connectivity index (χ2v) is 7.16. The fraction of sp³-hybridized carbons (Fsp3) is 0. The molecule has 0 spiro atoms. The molecule has 2 aliphatic rings. The van der Waals surface area contributed by atoms with Gasteiger partial charge in [-0.1, -0.05) is 0 Å². The average Bonchev–Trinajstić information content (AvgIpc) is 3.55. The van der Waals surface area contributed by atoms with Gasteiger partial charge in [-0.25, -0.2) is 9.97 Å². The number of benzene rings is 1. The number of phenols is 1. The maximum Gasteiger partial charge on any atom is 0.0659 e. The molecule has 0 fully saturated rings. The van der Waals surface area contributed by atoms with Crippen molar-refractivity contribution in [3.05, 3.63) is 102 Å². The third kappa shape index (κ3) is 5.24. The zero-order chi connectivity index (χ0) is 21.0. The quantitative estimate of drug-likeness (QED) is 0.248. The normalized spacial score (nSPS) is 11.4. The minimum atomic E-state index is 0. The van der Waals surface area contributed by atoms with E-state index in [9.17, 15) is 0 Å². The molecule has 159 valence electrons. The molecular weight excluding hydrogens is 443 g/mol. The van der Waals surface area contributed by atoms with Crippen molar-refractivity contribution in [1.82, 2.24) is 19.9 Å². The van der Waals surface area contributed by atoms with Gasteiger partial charge in [-0.2, -0.15) is 18.2 Å². The molecule has 0 amide bonds. The molecule has 6 heteroatoms. The first-order valence-electron chi connectivity index (χ1n) is 9.89. The Hall–Kier alpha value is -3.87. The number of phenolic OH excluding ortho intramolecular Hbond substituents is 1. The molecule has 0 atom stereocenters. The van der Waals surface area contributed by atoms with Crippen LogP contribution in [0.2, 0.25) is 0 Å². The third-order valence-electron chi connectivity index (χ3n) is 4.74. The molecule has 5 nitrogen and oxygen atoms in total. The number of hydrogen-bond donors (Lipinski definition) is 3. The summed E-state index contributed by atoms with van der Waals surface area (Å²) in [6, 6.07) is 25.7. The van der Waals surface area contributed by atoms with Crippen molar-refractivity contribution in [1.29, 1.82) is 0 Å². The van der Waals surface area contributed by atoms with Crippen molar-refractivity contribution in [2.45, 2.75) is 0 Å². The number of aromatic hydroxyl groups is 1. The maximum absolute atomic E-state index is 8.61. The van der Waals surface area contributed by atoms with Gasteiger partial charge in [0.1, 0.15) is 0 Å². The van der Waals surface area contributed by atoms with Gasteiger partial charge in [-0.3, -0.25) is 0 Å². The second kappa shape index (κ2) is 9.51. The van der Waals surface area contributed by atoms with Crippen LogP contribution in [0.25, 0.3) is 46.4 Å². The molecule has 2 aliphatic heterocycles. The van der Waals surface area contributed by atoms with Gasteiger partial charge in [-0.15, -0.1) is 12.1 Å². The van der Waals surface area contributed by atoms with E-state index in [0.717, 1.165) is 44.8 Å². The molecule has 3 N–H and O–H groups in total. The molecule has 0 saturated heterocycles. The Morgan fingerprint density at radius 3 is 1.38 bits per heavy atom. The van der Waals surface area contributed by atoms with Crippen LogP contribution in [-0.2, 0) is 16.8 Å². The van der Waals surface area contributed by atoms with E-state index in [0.29, 0.717) is 5.75 Å². The van der Waals surface area contributed by atoms with Crippen molar-refractivity contribution >= 4 is 46.4 Å². The van der Waals surface area contributed by atoms with Gasteiger partial charge in [0, 0.05) is 44.6 Å². The van der Waals surface area contributed by atoms with Crippen molar-refractivity contribution < 1.29 is 21.9 Å². The van der Waals surface area contributed by atoms with E-state index in [1.54, 1.807) is 24.3 Å². The van der Waals surface area contributed by atoms with Gasteiger partial charge in [0.2, 0.25) is 0 Å². The molecule has 3 aromatic heterocycles. The van der Waals surface area contributed by atoms with E-state index in [1.807, 2.05) is 42.5 Å². The van der Waals surface area contributed by atoms with Crippen LogP contribution in [0.1, 0.15) is 22.8 Å². The van der Waals surface area contributed by atoms with Gasteiger partial charge >= 0.3 is 0 Å². The van der Waals surface area contributed by atoms with Gasteiger partial charge in [0.05, 0.1) is 22.8 Å². The van der Waals surface area contributed by atoms with Crippen LogP contribution >= 0.6 is 0 Å². The van der Waals surface area contributed by atoms with Crippen LogP contribution in [-0.4, -0.2) is 25.0 Å². The molecular formula is C26H19CoN4O-. The topological polar surface area (TPSA) is 77.6 Å². The summed E-state index contributed by atoms with van der Waals surface area (Å²) < 4.78 is 0. The van der Waals surface area contributed by atoms with E-state index < -0.39 is 0 Å². The Bertz CT molecular complexity index is 1360. The van der Waals surface area contributed by atoms with Crippen molar-refractivity contribution in [2.24, 2.45) is 0 Å². The van der Waals surface area contributed by atoms with Gasteiger partial charge < -0.3 is 15.1 Å². The van der Waals surface area contributed by atoms with Crippen LogP contribution in [0.4, 0.5) is 0 Å². The van der Waals surface area contributed by atoms with E-state index in [4.69, 9.17) is 5.11 Å². The molecule has 1 aromatic carbocycles. The third-order valence-corrected chi connectivity index (χ3v) is 4.74. The van der Waals surface area contributed by atoms with Gasteiger partial charge in [0.15, 0.2) is 0 Å². The monoisotopic (exact) mass is 462 g/mol. The number of hydrogen-bond acceptors (Lipinski definition) is 3. The minimum Gasteiger partial charge on any atom is -0.533 e. The Kier molecular flexibility index (Phi) is 6.35.